The van der Waals surface area contributed by atoms with Crippen molar-refractivity contribution in [2.75, 3.05) is 0 Å². The third kappa shape index (κ3) is 1.71. The molecule has 3 aliphatic rings. The fourth-order valence-corrected chi connectivity index (χ4v) is 3.73. The molecule has 1 spiro atoms. The number of hydrogen-bond donors (Lipinski definition) is 1. The third-order valence-electron chi connectivity index (χ3n) is 5.16. The van der Waals surface area contributed by atoms with Gasteiger partial charge < -0.3 is 9.88 Å². The highest BCUT2D eigenvalue weighted by Gasteiger charge is 2.45. The Morgan fingerprint density at radius 2 is 2.00 bits per heavy atom. The molecule has 1 atom stereocenters. The molecule has 3 nitrogen and oxygen atoms in total. The summed E-state index contributed by atoms with van der Waals surface area (Å²) in [6.45, 7) is 1.14. The van der Waals surface area contributed by atoms with Crippen molar-refractivity contribution in [2.45, 2.75) is 63.6 Å². The monoisotopic (exact) mass is 231 g/mol. The number of nitrogens with zero attached hydrogens (tertiary/aromatic N) is 2. The predicted molar refractivity (Wildman–Crippen MR) is 66.6 cm³/mol. The number of fused-ring (bicyclic) bond motifs is 1. The Morgan fingerprint density at radius 3 is 2.76 bits per heavy atom. The molecule has 0 radical (unpaired) electrons. The lowest BCUT2D eigenvalue weighted by molar-refractivity contribution is 0.257. The van der Waals surface area contributed by atoms with Gasteiger partial charge in [-0.2, -0.15) is 0 Å². The van der Waals surface area contributed by atoms with Crippen molar-refractivity contribution in [3.63, 3.8) is 0 Å². The van der Waals surface area contributed by atoms with Crippen molar-refractivity contribution in [1.82, 2.24) is 14.9 Å². The average Bonchev–Trinajstić information content (AvgIpc) is 2.78. The highest BCUT2D eigenvalue weighted by Crippen LogP contribution is 2.56. The van der Waals surface area contributed by atoms with Gasteiger partial charge in [0.15, 0.2) is 0 Å². The largest absolute Gasteiger partial charge is 0.334 e. The summed E-state index contributed by atoms with van der Waals surface area (Å²) in [5.41, 5.74) is 0.812. The van der Waals surface area contributed by atoms with Crippen LogP contribution >= 0.6 is 0 Å². The minimum atomic E-state index is 0.517. The van der Waals surface area contributed by atoms with Crippen LogP contribution in [0.2, 0.25) is 0 Å². The van der Waals surface area contributed by atoms with E-state index in [1.165, 1.54) is 50.8 Å². The summed E-state index contributed by atoms with van der Waals surface area (Å²) in [4.78, 5) is 4.49. The van der Waals surface area contributed by atoms with Crippen molar-refractivity contribution < 1.29 is 0 Å². The molecule has 4 rings (SSSR count). The van der Waals surface area contributed by atoms with Crippen LogP contribution in [0.3, 0.4) is 0 Å². The second-order valence-corrected chi connectivity index (χ2v) is 6.26. The van der Waals surface area contributed by atoms with E-state index in [2.05, 4.69) is 21.1 Å². The van der Waals surface area contributed by atoms with E-state index < -0.39 is 0 Å². The van der Waals surface area contributed by atoms with E-state index in [0.29, 0.717) is 6.04 Å². The van der Waals surface area contributed by atoms with Crippen molar-refractivity contribution in [3.8, 4) is 0 Å². The smallest absolute Gasteiger partial charge is 0.125 e. The van der Waals surface area contributed by atoms with E-state index >= 15 is 0 Å². The maximum Gasteiger partial charge on any atom is 0.125 e. The molecule has 1 unspecified atom stereocenters. The first kappa shape index (κ1) is 10.1. The summed E-state index contributed by atoms with van der Waals surface area (Å²) < 4.78 is 2.29. The Bertz CT molecular complexity index is 409. The quantitative estimate of drug-likeness (QED) is 0.848. The van der Waals surface area contributed by atoms with Crippen LogP contribution in [-0.4, -0.2) is 15.6 Å². The van der Waals surface area contributed by atoms with Gasteiger partial charge in [0.25, 0.3) is 0 Å². The lowest BCUT2D eigenvalue weighted by Gasteiger charge is -2.30. The molecule has 1 aromatic heterocycles. The first-order valence-electron chi connectivity index (χ1n) is 7.12. The standard InChI is InChI=1S/C14H21N3/c1-4-14(6-7-14)5-2-11(1)16-12-3-9-17-10-8-15-13(12)17/h8,10-12,16H,1-7,9H2. The molecule has 2 aliphatic carbocycles. The predicted octanol–water partition coefficient (Wildman–Crippen LogP) is 2.64. The van der Waals surface area contributed by atoms with Crippen LogP contribution in [0, 0.1) is 5.41 Å². The molecular formula is C14H21N3. The lowest BCUT2D eigenvalue weighted by atomic mass is 9.83. The molecule has 17 heavy (non-hydrogen) atoms. The van der Waals surface area contributed by atoms with E-state index in [9.17, 15) is 0 Å². The zero-order valence-electron chi connectivity index (χ0n) is 10.4. The summed E-state index contributed by atoms with van der Waals surface area (Å²) in [5, 5.41) is 3.84. The third-order valence-corrected chi connectivity index (χ3v) is 5.16. The highest BCUT2D eigenvalue weighted by molar-refractivity contribution is 5.06. The van der Waals surface area contributed by atoms with Crippen LogP contribution in [0.25, 0.3) is 0 Å². The summed E-state index contributed by atoms with van der Waals surface area (Å²) in [6.07, 6.45) is 14.0. The SMILES string of the molecule is c1cn2c(n1)C(NC1CCC3(CC1)CC3)CC2. The fraction of sp³-hybridized carbons (Fsp3) is 0.786. The van der Waals surface area contributed by atoms with Crippen LogP contribution in [0.1, 0.15) is 56.8 Å². The van der Waals surface area contributed by atoms with Crippen LogP contribution in [0.4, 0.5) is 0 Å². The molecule has 0 bridgehead atoms. The van der Waals surface area contributed by atoms with Gasteiger partial charge in [-0.15, -0.1) is 0 Å². The van der Waals surface area contributed by atoms with E-state index in [0.717, 1.165) is 18.0 Å². The number of rotatable bonds is 2. The Hall–Kier alpha value is -0.830. The summed E-state index contributed by atoms with van der Waals surface area (Å²) in [5.74, 6) is 1.26. The molecule has 0 saturated heterocycles. The van der Waals surface area contributed by atoms with E-state index in [-0.39, 0.29) is 0 Å². The van der Waals surface area contributed by atoms with Crippen molar-refractivity contribution in [2.24, 2.45) is 5.41 Å². The number of imidazole rings is 1. The Morgan fingerprint density at radius 1 is 1.18 bits per heavy atom. The van der Waals surface area contributed by atoms with Gasteiger partial charge in [0, 0.05) is 25.0 Å². The molecule has 0 aromatic carbocycles. The normalized spacial score (nSPS) is 30.7. The molecule has 0 amide bonds. The van der Waals surface area contributed by atoms with Crippen LogP contribution in [-0.2, 0) is 6.54 Å². The Labute approximate surface area is 103 Å². The van der Waals surface area contributed by atoms with Gasteiger partial charge in [-0.25, -0.2) is 4.98 Å². The van der Waals surface area contributed by atoms with Gasteiger partial charge >= 0.3 is 0 Å². The topological polar surface area (TPSA) is 29.9 Å². The molecule has 1 aromatic rings. The lowest BCUT2D eigenvalue weighted by Crippen LogP contribution is -2.36. The summed E-state index contributed by atoms with van der Waals surface area (Å²) >= 11 is 0. The van der Waals surface area contributed by atoms with Crippen molar-refractivity contribution in [3.05, 3.63) is 18.2 Å². The van der Waals surface area contributed by atoms with Gasteiger partial charge in [0.1, 0.15) is 5.82 Å². The molecular weight excluding hydrogens is 210 g/mol. The second-order valence-electron chi connectivity index (χ2n) is 6.26. The molecule has 3 heteroatoms. The summed E-state index contributed by atoms with van der Waals surface area (Å²) in [7, 11) is 0. The minimum Gasteiger partial charge on any atom is -0.334 e. The van der Waals surface area contributed by atoms with Gasteiger partial charge in [-0.3, -0.25) is 0 Å². The van der Waals surface area contributed by atoms with E-state index in [1.807, 2.05) is 6.20 Å². The number of aromatic nitrogens is 2. The minimum absolute atomic E-state index is 0.517. The maximum atomic E-state index is 4.49. The Balaban J connectivity index is 1.39. The summed E-state index contributed by atoms with van der Waals surface area (Å²) in [6, 6.07) is 1.26. The number of nitrogens with one attached hydrogen (secondary N) is 1. The van der Waals surface area contributed by atoms with Crippen LogP contribution < -0.4 is 5.32 Å². The van der Waals surface area contributed by atoms with Crippen LogP contribution in [0.15, 0.2) is 12.4 Å². The van der Waals surface area contributed by atoms with Gasteiger partial charge in [-0.1, -0.05) is 0 Å². The first-order chi connectivity index (χ1) is 8.35. The Kier molecular flexibility index (Phi) is 2.13. The highest BCUT2D eigenvalue weighted by atomic mass is 15.2. The fourth-order valence-electron chi connectivity index (χ4n) is 3.73. The molecule has 92 valence electrons. The maximum absolute atomic E-state index is 4.49. The second kappa shape index (κ2) is 3.58. The molecule has 2 heterocycles. The van der Waals surface area contributed by atoms with Gasteiger partial charge in [0.05, 0.1) is 6.04 Å². The average molecular weight is 231 g/mol. The van der Waals surface area contributed by atoms with Gasteiger partial charge in [0.2, 0.25) is 0 Å². The van der Waals surface area contributed by atoms with Gasteiger partial charge in [-0.05, 0) is 50.4 Å². The molecule has 2 fully saturated rings. The van der Waals surface area contributed by atoms with Crippen molar-refractivity contribution in [1.29, 1.82) is 0 Å². The van der Waals surface area contributed by atoms with Crippen LogP contribution in [0.5, 0.6) is 0 Å². The van der Waals surface area contributed by atoms with E-state index in [1.54, 1.807) is 0 Å². The van der Waals surface area contributed by atoms with Crippen molar-refractivity contribution >= 4 is 0 Å². The number of aryl methyl sites for hydroxylation is 1. The zero-order chi connectivity index (χ0) is 11.3. The number of hydrogen-bond acceptors (Lipinski definition) is 2. The zero-order valence-corrected chi connectivity index (χ0v) is 10.4. The first-order valence-corrected chi connectivity index (χ1v) is 7.12. The molecule has 2 saturated carbocycles. The molecule has 1 aliphatic heterocycles. The van der Waals surface area contributed by atoms with E-state index in [4.69, 9.17) is 0 Å². The molecule has 1 N–H and O–H groups in total.